The van der Waals surface area contributed by atoms with E-state index in [-0.39, 0.29) is 0 Å². The molecule has 9 aromatic carbocycles. The fourth-order valence-corrected chi connectivity index (χ4v) is 8.66. The summed E-state index contributed by atoms with van der Waals surface area (Å²) in [6, 6.07) is 57.4. The van der Waals surface area contributed by atoms with Gasteiger partial charge in [0.2, 0.25) is 0 Å². The van der Waals surface area contributed by atoms with Crippen LogP contribution in [0.5, 0.6) is 0 Å². The minimum Gasteiger partial charge on any atom is -0.456 e. The average Bonchev–Trinajstić information content (AvgIpc) is 3.91. The molecular formula is C51H29N4O+. The quantitative estimate of drug-likeness (QED) is 0.135. The van der Waals surface area contributed by atoms with Gasteiger partial charge in [-0.2, -0.15) is 0 Å². The molecule has 5 nitrogen and oxygen atoms in total. The van der Waals surface area contributed by atoms with Crippen LogP contribution in [0.1, 0.15) is 11.1 Å². The third-order valence-corrected chi connectivity index (χ3v) is 11.3. The molecule has 5 heteroatoms. The number of furan rings is 1. The molecule has 0 bridgehead atoms. The van der Waals surface area contributed by atoms with E-state index < -0.39 is 0 Å². The Morgan fingerprint density at radius 2 is 1.07 bits per heavy atom. The Labute approximate surface area is 320 Å². The smallest absolute Gasteiger partial charge is 0.301 e. The molecule has 1 aliphatic rings. The number of hydrogen-bond donors (Lipinski definition) is 0. The lowest BCUT2D eigenvalue weighted by Crippen LogP contribution is -2.02. The second-order valence-electron chi connectivity index (χ2n) is 14.4. The van der Waals surface area contributed by atoms with Gasteiger partial charge in [-0.1, -0.05) is 132 Å². The Balaban J connectivity index is 1.13. The molecule has 2 aromatic heterocycles. The zero-order valence-corrected chi connectivity index (χ0v) is 29.9. The van der Waals surface area contributed by atoms with Crippen molar-refractivity contribution in [1.29, 1.82) is 0 Å². The third-order valence-electron chi connectivity index (χ3n) is 11.3. The van der Waals surface area contributed by atoms with E-state index in [2.05, 4.69) is 156 Å². The van der Waals surface area contributed by atoms with Gasteiger partial charge < -0.3 is 4.42 Å². The zero-order chi connectivity index (χ0) is 36.7. The maximum absolute atomic E-state index is 6.28. The van der Waals surface area contributed by atoms with Crippen molar-refractivity contribution in [2.45, 2.75) is 0 Å². The van der Waals surface area contributed by atoms with Crippen molar-refractivity contribution in [2.75, 3.05) is 0 Å². The summed E-state index contributed by atoms with van der Waals surface area (Å²) in [7, 11) is 0. The number of rotatable bonds is 4. The molecule has 0 N–H and O–H groups in total. The van der Waals surface area contributed by atoms with Crippen LogP contribution in [0, 0.1) is 0 Å². The van der Waals surface area contributed by atoms with Crippen molar-refractivity contribution < 1.29 is 4.42 Å². The number of fused-ring (bicyclic) bond motifs is 11. The first kappa shape index (κ1) is 30.7. The molecule has 0 unspecified atom stereocenters. The summed E-state index contributed by atoms with van der Waals surface area (Å²) in [5.74, 6) is 1.84. The normalized spacial score (nSPS) is 12.2. The van der Waals surface area contributed by atoms with Gasteiger partial charge in [0.05, 0.1) is 11.1 Å². The van der Waals surface area contributed by atoms with Crippen LogP contribution < -0.4 is 4.67 Å². The van der Waals surface area contributed by atoms with Crippen LogP contribution in [-0.2, 0) is 0 Å². The lowest BCUT2D eigenvalue weighted by Gasteiger charge is -2.16. The maximum Gasteiger partial charge on any atom is 0.301 e. The number of aromatic nitrogens is 3. The molecular weight excluding hydrogens is 685 g/mol. The molecule has 0 saturated heterocycles. The maximum atomic E-state index is 6.28. The van der Waals surface area contributed by atoms with Crippen molar-refractivity contribution in [3.05, 3.63) is 175 Å². The van der Waals surface area contributed by atoms with Crippen LogP contribution >= 0.6 is 0 Å². The minimum atomic E-state index is 0.609. The van der Waals surface area contributed by atoms with Gasteiger partial charge in [-0.15, -0.1) is 0 Å². The van der Waals surface area contributed by atoms with Gasteiger partial charge in [-0.05, 0) is 85.2 Å². The van der Waals surface area contributed by atoms with E-state index in [0.717, 1.165) is 82.4 Å². The Morgan fingerprint density at radius 3 is 1.98 bits per heavy atom. The number of nitrogens with zero attached hydrogens (tertiary/aromatic N) is 4. The largest absolute Gasteiger partial charge is 0.456 e. The molecule has 258 valence electrons. The van der Waals surface area contributed by atoms with Crippen LogP contribution in [0.3, 0.4) is 0 Å². The van der Waals surface area contributed by atoms with E-state index >= 15 is 0 Å². The SMILES string of the molecule is C1=[N+]=Cc2c1ccc1c(-c3ccccc3-c3nc(-c4ccc5ccccc5c4)nc(-c4cccc5c4ccc4oc6ccccc6c45)n3)cc3ccccc3c21. The van der Waals surface area contributed by atoms with E-state index in [4.69, 9.17) is 19.4 Å². The summed E-state index contributed by atoms with van der Waals surface area (Å²) in [4.78, 5) is 15.9. The summed E-state index contributed by atoms with van der Waals surface area (Å²) in [5, 5.41) is 11.3. The summed E-state index contributed by atoms with van der Waals surface area (Å²) in [6.45, 7) is 0. The summed E-state index contributed by atoms with van der Waals surface area (Å²) in [5.41, 5.74) is 8.96. The number of para-hydroxylation sites is 1. The monoisotopic (exact) mass is 713 g/mol. The number of benzene rings is 9. The van der Waals surface area contributed by atoms with Gasteiger partial charge in [0.1, 0.15) is 11.2 Å². The van der Waals surface area contributed by atoms with Gasteiger partial charge in [-0.25, -0.2) is 15.0 Å². The highest BCUT2D eigenvalue weighted by Crippen LogP contribution is 2.42. The predicted molar refractivity (Wildman–Crippen MR) is 231 cm³/mol. The fraction of sp³-hybridized carbons (Fsp3) is 0. The minimum absolute atomic E-state index is 0.609. The van der Waals surface area contributed by atoms with Gasteiger partial charge >= 0.3 is 12.4 Å². The average molecular weight is 714 g/mol. The summed E-state index contributed by atoms with van der Waals surface area (Å²) in [6.07, 6.45) is 3.93. The summed E-state index contributed by atoms with van der Waals surface area (Å²) < 4.78 is 10.8. The molecule has 3 heterocycles. The van der Waals surface area contributed by atoms with Crippen LogP contribution in [0.15, 0.2) is 168 Å². The zero-order valence-electron chi connectivity index (χ0n) is 29.9. The first-order valence-electron chi connectivity index (χ1n) is 18.8. The molecule has 0 amide bonds. The standard InChI is InChI=1S/C51H29N4O/c1-2-11-31-26-33(21-20-30(31)10-1)49-53-50(55-51(54-49)41-18-9-17-38-37(41)24-25-46-48(38)42-16-7-8-19-45(42)56-46)40-15-6-5-14-36(40)43-27-32-12-3-4-13-35(32)47-39(43)23-22-34-28-52-29-44(34)47/h1-29H/q+1. The Morgan fingerprint density at radius 1 is 0.375 bits per heavy atom. The van der Waals surface area contributed by atoms with E-state index in [1.54, 1.807) is 0 Å². The third kappa shape index (κ3) is 4.62. The second-order valence-corrected chi connectivity index (χ2v) is 14.4. The molecule has 56 heavy (non-hydrogen) atoms. The van der Waals surface area contributed by atoms with Crippen LogP contribution in [0.25, 0.3) is 110 Å². The molecule has 11 aromatic rings. The van der Waals surface area contributed by atoms with Crippen molar-refractivity contribution >= 4 is 77.5 Å². The first-order valence-corrected chi connectivity index (χ1v) is 18.8. The molecule has 0 saturated carbocycles. The van der Waals surface area contributed by atoms with Gasteiger partial charge in [-0.3, -0.25) is 0 Å². The Kier molecular flexibility index (Phi) is 6.52. The highest BCUT2D eigenvalue weighted by atomic mass is 16.3. The van der Waals surface area contributed by atoms with Gasteiger partial charge in [0.15, 0.2) is 17.5 Å². The van der Waals surface area contributed by atoms with Crippen LogP contribution in [0.4, 0.5) is 0 Å². The van der Waals surface area contributed by atoms with E-state index in [9.17, 15) is 0 Å². The van der Waals surface area contributed by atoms with Crippen molar-refractivity contribution in [1.82, 2.24) is 19.6 Å². The second kappa shape index (κ2) is 11.9. The van der Waals surface area contributed by atoms with Crippen molar-refractivity contribution in [3.8, 4) is 45.3 Å². The van der Waals surface area contributed by atoms with Crippen LogP contribution in [0.2, 0.25) is 0 Å². The van der Waals surface area contributed by atoms with Crippen molar-refractivity contribution in [2.24, 2.45) is 0 Å². The molecule has 0 aliphatic carbocycles. The van der Waals surface area contributed by atoms with E-state index in [1.165, 1.54) is 21.5 Å². The predicted octanol–water partition coefficient (Wildman–Crippen LogP) is 12.0. The van der Waals surface area contributed by atoms with E-state index in [0.29, 0.717) is 17.5 Å². The summed E-state index contributed by atoms with van der Waals surface area (Å²) >= 11 is 0. The highest BCUT2D eigenvalue weighted by molar-refractivity contribution is 6.23. The fourth-order valence-electron chi connectivity index (χ4n) is 8.66. The Hall–Kier alpha value is -7.72. The Bertz CT molecular complexity index is 3540. The topological polar surface area (TPSA) is 65.9 Å². The molecule has 0 radical (unpaired) electrons. The first-order chi connectivity index (χ1) is 27.7. The molecule has 12 rings (SSSR count). The van der Waals surface area contributed by atoms with Crippen LogP contribution in [-0.4, -0.2) is 27.4 Å². The van der Waals surface area contributed by atoms with Crippen molar-refractivity contribution in [3.63, 3.8) is 0 Å². The molecule has 0 spiro atoms. The lowest BCUT2D eigenvalue weighted by molar-refractivity contribution is 0.669. The number of hydrogen-bond acceptors (Lipinski definition) is 4. The van der Waals surface area contributed by atoms with E-state index in [1.807, 2.05) is 24.6 Å². The van der Waals surface area contributed by atoms with Gasteiger partial charge in [0.25, 0.3) is 0 Å². The molecule has 0 atom stereocenters. The van der Waals surface area contributed by atoms with Gasteiger partial charge in [0, 0.05) is 32.8 Å². The molecule has 1 aliphatic heterocycles. The lowest BCUT2D eigenvalue weighted by atomic mass is 9.88. The highest BCUT2D eigenvalue weighted by Gasteiger charge is 2.23. The molecule has 0 fully saturated rings.